The van der Waals surface area contributed by atoms with Crippen LogP contribution in [0.3, 0.4) is 0 Å². The average molecular weight is 262 g/mol. The van der Waals surface area contributed by atoms with Crippen LogP contribution in [-0.2, 0) is 6.54 Å². The Balaban J connectivity index is 2.53. The molecule has 3 N–H and O–H groups in total. The van der Waals surface area contributed by atoms with E-state index in [0.717, 1.165) is 13.0 Å². The second kappa shape index (κ2) is 4.87. The third kappa shape index (κ3) is 2.38. The van der Waals surface area contributed by atoms with E-state index in [-0.39, 0.29) is 11.3 Å². The van der Waals surface area contributed by atoms with Gasteiger partial charge in [0.15, 0.2) is 5.65 Å². The normalized spacial score (nSPS) is 11.4. The van der Waals surface area contributed by atoms with Crippen LogP contribution in [0.1, 0.15) is 36.3 Å². The molecule has 0 saturated carbocycles. The first-order valence-electron chi connectivity index (χ1n) is 6.26. The van der Waals surface area contributed by atoms with Crippen LogP contribution in [0, 0.1) is 12.8 Å². The molecule has 2 heterocycles. The van der Waals surface area contributed by atoms with Gasteiger partial charge in [0.1, 0.15) is 5.56 Å². The van der Waals surface area contributed by atoms with Crippen LogP contribution in [0.25, 0.3) is 11.0 Å². The summed E-state index contributed by atoms with van der Waals surface area (Å²) >= 11 is 0. The monoisotopic (exact) mass is 262 g/mol. The molecule has 6 nitrogen and oxygen atoms in total. The lowest BCUT2D eigenvalue weighted by Gasteiger charge is -2.08. The number of nitrogen functional groups attached to an aromatic ring is 1. The SMILES string of the molecule is Cc1nc2c(cnn2CCC(C)C)c(N)c1C(=O)O. The lowest BCUT2D eigenvalue weighted by molar-refractivity contribution is 0.0697. The van der Waals surface area contributed by atoms with Gasteiger partial charge in [0, 0.05) is 6.54 Å². The van der Waals surface area contributed by atoms with Gasteiger partial charge in [-0.05, 0) is 19.3 Å². The molecule has 0 spiro atoms. The number of rotatable bonds is 4. The Bertz CT molecular complexity index is 631. The molecular formula is C13H18N4O2. The highest BCUT2D eigenvalue weighted by atomic mass is 16.4. The van der Waals surface area contributed by atoms with Crippen molar-refractivity contribution < 1.29 is 9.90 Å². The Morgan fingerprint density at radius 1 is 1.53 bits per heavy atom. The molecule has 0 bridgehead atoms. The number of hydrogen-bond donors (Lipinski definition) is 2. The molecule has 0 aromatic carbocycles. The standard InChI is InChI=1S/C13H18N4O2/c1-7(2)4-5-17-12-9(6-15-17)11(14)10(13(18)19)8(3)16-12/h6-7H,4-5H2,1-3H3,(H2,14,16)(H,18,19). The third-order valence-corrected chi connectivity index (χ3v) is 3.14. The molecule has 0 aliphatic carbocycles. The quantitative estimate of drug-likeness (QED) is 0.879. The first kappa shape index (κ1) is 13.3. The highest BCUT2D eigenvalue weighted by Crippen LogP contribution is 2.25. The Morgan fingerprint density at radius 2 is 2.21 bits per heavy atom. The van der Waals surface area contributed by atoms with E-state index >= 15 is 0 Å². The molecule has 6 heteroatoms. The number of nitrogens with two attached hydrogens (primary N) is 1. The van der Waals surface area contributed by atoms with Crippen molar-refractivity contribution in [3.05, 3.63) is 17.5 Å². The second-order valence-electron chi connectivity index (χ2n) is 5.08. The number of pyridine rings is 1. The molecule has 0 saturated heterocycles. The molecule has 0 atom stereocenters. The maximum atomic E-state index is 11.2. The fourth-order valence-corrected chi connectivity index (χ4v) is 2.05. The highest BCUT2D eigenvalue weighted by molar-refractivity contribution is 6.03. The Morgan fingerprint density at radius 3 is 2.79 bits per heavy atom. The van der Waals surface area contributed by atoms with E-state index in [1.165, 1.54) is 0 Å². The number of hydrogen-bond acceptors (Lipinski definition) is 4. The number of anilines is 1. The van der Waals surface area contributed by atoms with E-state index < -0.39 is 5.97 Å². The van der Waals surface area contributed by atoms with E-state index in [1.54, 1.807) is 17.8 Å². The molecule has 0 amide bonds. The van der Waals surface area contributed by atoms with Crippen molar-refractivity contribution in [3.63, 3.8) is 0 Å². The highest BCUT2D eigenvalue weighted by Gasteiger charge is 2.18. The van der Waals surface area contributed by atoms with Crippen molar-refractivity contribution in [1.29, 1.82) is 0 Å². The molecule has 0 unspecified atom stereocenters. The first-order valence-corrected chi connectivity index (χ1v) is 6.26. The van der Waals surface area contributed by atoms with E-state index in [4.69, 9.17) is 10.8 Å². The Hall–Kier alpha value is -2.11. The summed E-state index contributed by atoms with van der Waals surface area (Å²) in [7, 11) is 0. The van der Waals surface area contributed by atoms with Crippen molar-refractivity contribution in [2.75, 3.05) is 5.73 Å². The van der Waals surface area contributed by atoms with Crippen molar-refractivity contribution in [2.45, 2.75) is 33.7 Å². The number of aryl methyl sites for hydroxylation is 2. The Kier molecular flexibility index (Phi) is 3.42. The van der Waals surface area contributed by atoms with E-state index in [1.807, 2.05) is 0 Å². The number of carbonyl (C=O) groups is 1. The molecule has 19 heavy (non-hydrogen) atoms. The summed E-state index contributed by atoms with van der Waals surface area (Å²) in [5, 5.41) is 14.0. The van der Waals surface area contributed by atoms with Gasteiger partial charge in [0.05, 0.1) is 23.0 Å². The number of nitrogens with zero attached hydrogens (tertiary/aromatic N) is 3. The largest absolute Gasteiger partial charge is 0.478 e. The summed E-state index contributed by atoms with van der Waals surface area (Å²) in [5.74, 6) is -0.490. The van der Waals surface area contributed by atoms with Gasteiger partial charge in [-0.15, -0.1) is 0 Å². The predicted molar refractivity (Wildman–Crippen MR) is 73.1 cm³/mol. The van der Waals surface area contributed by atoms with Crippen LogP contribution < -0.4 is 5.73 Å². The van der Waals surface area contributed by atoms with Gasteiger partial charge >= 0.3 is 5.97 Å². The summed E-state index contributed by atoms with van der Waals surface area (Å²) in [6.45, 7) is 6.68. The molecule has 2 aromatic heterocycles. The first-order chi connectivity index (χ1) is 8.91. The smallest absolute Gasteiger partial charge is 0.339 e. The third-order valence-electron chi connectivity index (χ3n) is 3.14. The zero-order valence-electron chi connectivity index (χ0n) is 11.3. The molecule has 0 aliphatic rings. The van der Waals surface area contributed by atoms with Crippen molar-refractivity contribution >= 4 is 22.7 Å². The fourth-order valence-electron chi connectivity index (χ4n) is 2.05. The van der Waals surface area contributed by atoms with Gasteiger partial charge in [-0.2, -0.15) is 5.10 Å². The Labute approximate surface area is 111 Å². The molecular weight excluding hydrogens is 244 g/mol. The topological polar surface area (TPSA) is 94.0 Å². The van der Waals surface area contributed by atoms with E-state index in [9.17, 15) is 4.79 Å². The van der Waals surface area contributed by atoms with Crippen LogP contribution >= 0.6 is 0 Å². The van der Waals surface area contributed by atoms with Gasteiger partial charge in [0.2, 0.25) is 0 Å². The number of carboxylic acids is 1. The maximum Gasteiger partial charge on any atom is 0.339 e. The summed E-state index contributed by atoms with van der Waals surface area (Å²) in [6.07, 6.45) is 2.57. The number of aromatic carboxylic acids is 1. The zero-order valence-corrected chi connectivity index (χ0v) is 11.3. The lowest BCUT2D eigenvalue weighted by Crippen LogP contribution is -2.09. The van der Waals surface area contributed by atoms with Gasteiger partial charge in [-0.1, -0.05) is 13.8 Å². The summed E-state index contributed by atoms with van der Waals surface area (Å²) < 4.78 is 1.78. The van der Waals surface area contributed by atoms with Gasteiger partial charge in [-0.3, -0.25) is 0 Å². The summed E-state index contributed by atoms with van der Waals surface area (Å²) in [6, 6.07) is 0. The zero-order chi connectivity index (χ0) is 14.2. The van der Waals surface area contributed by atoms with Gasteiger partial charge < -0.3 is 10.8 Å². The predicted octanol–water partition coefficient (Wildman–Crippen LogP) is 2.07. The lowest BCUT2D eigenvalue weighted by atomic mass is 10.1. The number of aromatic nitrogens is 3. The molecule has 2 aromatic rings. The average Bonchev–Trinajstić information content (AvgIpc) is 2.69. The molecule has 0 fully saturated rings. The van der Waals surface area contributed by atoms with Gasteiger partial charge in [0.25, 0.3) is 0 Å². The summed E-state index contributed by atoms with van der Waals surface area (Å²) in [5.41, 5.74) is 7.30. The minimum Gasteiger partial charge on any atom is -0.478 e. The second-order valence-corrected chi connectivity index (χ2v) is 5.08. The van der Waals surface area contributed by atoms with E-state index in [2.05, 4.69) is 23.9 Å². The van der Waals surface area contributed by atoms with Crippen molar-refractivity contribution in [2.24, 2.45) is 5.92 Å². The van der Waals surface area contributed by atoms with Crippen LogP contribution in [-0.4, -0.2) is 25.8 Å². The maximum absolute atomic E-state index is 11.2. The number of fused-ring (bicyclic) bond motifs is 1. The summed E-state index contributed by atoms with van der Waals surface area (Å²) in [4.78, 5) is 15.5. The number of carboxylic acid groups (broad SMARTS) is 1. The molecule has 0 aliphatic heterocycles. The fraction of sp³-hybridized carbons (Fsp3) is 0.462. The van der Waals surface area contributed by atoms with Crippen molar-refractivity contribution in [1.82, 2.24) is 14.8 Å². The molecule has 2 rings (SSSR count). The minimum absolute atomic E-state index is 0.0657. The molecule has 102 valence electrons. The van der Waals surface area contributed by atoms with Crippen LogP contribution in [0.5, 0.6) is 0 Å². The van der Waals surface area contributed by atoms with Crippen LogP contribution in [0.4, 0.5) is 5.69 Å². The molecule has 0 radical (unpaired) electrons. The van der Waals surface area contributed by atoms with Crippen molar-refractivity contribution in [3.8, 4) is 0 Å². The van der Waals surface area contributed by atoms with Crippen LogP contribution in [0.2, 0.25) is 0 Å². The van der Waals surface area contributed by atoms with Crippen LogP contribution in [0.15, 0.2) is 6.20 Å². The van der Waals surface area contributed by atoms with Gasteiger partial charge in [-0.25, -0.2) is 14.5 Å². The van der Waals surface area contributed by atoms with E-state index in [0.29, 0.717) is 22.6 Å². The minimum atomic E-state index is -1.06.